The second kappa shape index (κ2) is 10.9. The first-order chi connectivity index (χ1) is 16.6. The number of thiophene rings is 2. The molecule has 36 heavy (non-hydrogen) atoms. The molecule has 0 fully saturated rings. The third kappa shape index (κ3) is 7.57. The fourth-order valence-corrected chi connectivity index (χ4v) is 5.81. The van der Waals surface area contributed by atoms with Crippen LogP contribution in [0, 0.1) is 6.92 Å². The Morgan fingerprint density at radius 1 is 1.17 bits per heavy atom. The summed E-state index contributed by atoms with van der Waals surface area (Å²) < 4.78 is 12.0. The van der Waals surface area contributed by atoms with Crippen LogP contribution >= 0.6 is 34.3 Å². The highest BCUT2D eigenvalue weighted by molar-refractivity contribution is 7.20. The summed E-state index contributed by atoms with van der Waals surface area (Å²) >= 11 is 9.56. The Labute approximate surface area is 225 Å². The summed E-state index contributed by atoms with van der Waals surface area (Å²) in [6.07, 6.45) is -0.324. The highest BCUT2D eigenvalue weighted by atomic mass is 35.5. The lowest BCUT2D eigenvalue weighted by molar-refractivity contribution is 0.0507. The number of nitrogens with one attached hydrogen (secondary N) is 1. The Morgan fingerprint density at radius 3 is 2.42 bits per heavy atom. The summed E-state index contributed by atoms with van der Waals surface area (Å²) in [7, 11) is 0. The minimum Gasteiger partial charge on any atom is -0.444 e. The van der Waals surface area contributed by atoms with Crippen LogP contribution in [0.2, 0.25) is 5.15 Å². The molecule has 2 amide bonds. The smallest absolute Gasteiger partial charge is 0.415 e. The molecule has 1 N–H and O–H groups in total. The molecule has 0 aliphatic heterocycles. The summed E-state index contributed by atoms with van der Waals surface area (Å²) in [5.41, 5.74) is 1.14. The number of pyridine rings is 1. The molecule has 3 rings (SSSR count). The molecule has 0 unspecified atom stereocenters. The minimum atomic E-state index is -0.653. The maximum absolute atomic E-state index is 13.3. The molecule has 10 heteroatoms. The Hall–Kier alpha value is -2.36. The van der Waals surface area contributed by atoms with Gasteiger partial charge in [0.05, 0.1) is 22.4 Å². The summed E-state index contributed by atoms with van der Waals surface area (Å²) in [5, 5.41) is 5.17. The van der Waals surface area contributed by atoms with Gasteiger partial charge in [0.1, 0.15) is 16.4 Å². The average molecular weight is 552 g/mol. The number of carbonyl (C=O) groups is 2. The Kier molecular flexibility index (Phi) is 8.58. The molecular weight excluding hydrogens is 518 g/mol. The van der Waals surface area contributed by atoms with E-state index in [-0.39, 0.29) is 6.04 Å². The lowest BCUT2D eigenvalue weighted by Crippen LogP contribution is -2.38. The van der Waals surface area contributed by atoms with Crippen molar-refractivity contribution in [2.45, 2.75) is 85.6 Å². The van der Waals surface area contributed by atoms with Crippen LogP contribution in [-0.4, -0.2) is 34.4 Å². The van der Waals surface area contributed by atoms with Gasteiger partial charge >= 0.3 is 12.2 Å². The van der Waals surface area contributed by atoms with Crippen LogP contribution in [0.25, 0.3) is 10.2 Å². The van der Waals surface area contributed by atoms with E-state index in [9.17, 15) is 9.59 Å². The molecule has 3 heterocycles. The van der Waals surface area contributed by atoms with Crippen LogP contribution in [0.1, 0.15) is 63.8 Å². The van der Waals surface area contributed by atoms with E-state index in [1.165, 1.54) is 0 Å². The Balaban J connectivity index is 1.98. The molecule has 3 aromatic heterocycles. The number of halogens is 1. The van der Waals surface area contributed by atoms with E-state index in [0.29, 0.717) is 23.8 Å². The number of aromatic nitrogens is 1. The van der Waals surface area contributed by atoms with Crippen molar-refractivity contribution in [3.05, 3.63) is 44.1 Å². The van der Waals surface area contributed by atoms with E-state index in [1.807, 2.05) is 72.9 Å². The van der Waals surface area contributed by atoms with E-state index in [1.54, 1.807) is 33.6 Å². The van der Waals surface area contributed by atoms with Crippen LogP contribution in [0.5, 0.6) is 0 Å². The fraction of sp³-hybridized carbons (Fsp3) is 0.500. The molecule has 0 saturated heterocycles. The molecule has 0 aliphatic carbocycles. The van der Waals surface area contributed by atoms with Gasteiger partial charge in [0.25, 0.3) is 0 Å². The maximum Gasteiger partial charge on any atom is 0.415 e. The molecule has 7 nitrogen and oxygen atoms in total. The summed E-state index contributed by atoms with van der Waals surface area (Å²) in [4.78, 5) is 33.8. The summed E-state index contributed by atoms with van der Waals surface area (Å²) in [5.74, 6) is 0. The number of ether oxygens (including phenoxy) is 2. The number of hydrogen-bond donors (Lipinski definition) is 1. The van der Waals surface area contributed by atoms with Gasteiger partial charge in [0.15, 0.2) is 0 Å². The molecule has 0 bridgehead atoms. The summed E-state index contributed by atoms with van der Waals surface area (Å²) in [6.45, 7) is 15.3. The lowest BCUT2D eigenvalue weighted by Gasteiger charge is -2.27. The highest BCUT2D eigenvalue weighted by Crippen LogP contribution is 2.40. The molecule has 3 aromatic rings. The van der Waals surface area contributed by atoms with E-state index in [0.717, 1.165) is 25.5 Å². The van der Waals surface area contributed by atoms with Crippen molar-refractivity contribution in [3.8, 4) is 0 Å². The van der Waals surface area contributed by atoms with Crippen LogP contribution < -0.4 is 10.2 Å². The second-order valence-corrected chi connectivity index (χ2v) is 13.2. The third-order valence-electron chi connectivity index (χ3n) is 4.97. The SMILES string of the molecule is Cc1c(C[C@H](C)NC(=O)OC(C)(C)C)sc2c(N(Cc3cccs3)C(=O)OC(C)(C)C)cc(Cl)nc12. The molecule has 196 valence electrons. The van der Waals surface area contributed by atoms with Gasteiger partial charge in [-0.15, -0.1) is 22.7 Å². The van der Waals surface area contributed by atoms with Crippen molar-refractivity contribution in [2.24, 2.45) is 0 Å². The van der Waals surface area contributed by atoms with Crippen molar-refractivity contribution in [2.75, 3.05) is 4.90 Å². The molecular formula is C26H34ClN3O4S2. The monoisotopic (exact) mass is 551 g/mol. The molecule has 0 aliphatic rings. The zero-order valence-corrected chi connectivity index (χ0v) is 24.4. The van der Waals surface area contributed by atoms with Crippen LogP contribution in [0.4, 0.5) is 15.3 Å². The number of nitrogens with zero attached hydrogens (tertiary/aromatic N) is 2. The minimum absolute atomic E-state index is 0.168. The molecule has 0 radical (unpaired) electrons. The van der Waals surface area contributed by atoms with Crippen molar-refractivity contribution >= 4 is 62.4 Å². The normalized spacial score (nSPS) is 12.9. The Bertz CT molecular complexity index is 1230. The van der Waals surface area contributed by atoms with Gasteiger partial charge in [-0.25, -0.2) is 14.6 Å². The third-order valence-corrected chi connectivity index (χ3v) is 7.35. The van der Waals surface area contributed by atoms with Crippen LogP contribution in [0.3, 0.4) is 0 Å². The van der Waals surface area contributed by atoms with Crippen molar-refractivity contribution in [1.82, 2.24) is 10.3 Å². The quantitative estimate of drug-likeness (QED) is 0.317. The number of aryl methyl sites for hydroxylation is 1. The standard InChI is InChI=1S/C26H34ClN3O4S2/c1-15(28-23(31)33-25(3,4)5)12-19-16(2)21-22(36-19)18(13-20(27)29-21)30(14-17-10-9-11-35-17)24(32)34-26(6,7)8/h9-11,13,15H,12,14H2,1-8H3,(H,28,31)/t15-/m0/s1. The number of fused-ring (bicyclic) bond motifs is 1. The second-order valence-electron chi connectivity index (χ2n) is 10.7. The summed E-state index contributed by atoms with van der Waals surface area (Å²) in [6, 6.07) is 5.48. The number of amides is 2. The first-order valence-corrected chi connectivity index (χ1v) is 13.8. The molecule has 0 spiro atoms. The van der Waals surface area contributed by atoms with Gasteiger partial charge in [-0.3, -0.25) is 4.90 Å². The van der Waals surface area contributed by atoms with Gasteiger partial charge in [0.2, 0.25) is 0 Å². The number of anilines is 1. The van der Waals surface area contributed by atoms with E-state index < -0.39 is 23.4 Å². The van der Waals surface area contributed by atoms with E-state index in [4.69, 9.17) is 21.1 Å². The van der Waals surface area contributed by atoms with Crippen molar-refractivity contribution in [3.63, 3.8) is 0 Å². The topological polar surface area (TPSA) is 80.8 Å². The predicted octanol–water partition coefficient (Wildman–Crippen LogP) is 7.72. The van der Waals surface area contributed by atoms with Gasteiger partial charge in [-0.1, -0.05) is 17.7 Å². The van der Waals surface area contributed by atoms with Gasteiger partial charge in [-0.05, 0) is 72.4 Å². The number of rotatable bonds is 6. The zero-order chi connectivity index (χ0) is 26.8. The van der Waals surface area contributed by atoms with Crippen molar-refractivity contribution < 1.29 is 19.1 Å². The van der Waals surface area contributed by atoms with E-state index in [2.05, 4.69) is 10.3 Å². The fourth-order valence-electron chi connectivity index (χ4n) is 3.53. The number of alkyl carbamates (subject to hydrolysis) is 1. The van der Waals surface area contributed by atoms with Gasteiger partial charge in [-0.2, -0.15) is 0 Å². The first-order valence-electron chi connectivity index (χ1n) is 11.7. The van der Waals surface area contributed by atoms with Gasteiger partial charge in [0, 0.05) is 28.3 Å². The van der Waals surface area contributed by atoms with Gasteiger partial charge < -0.3 is 14.8 Å². The maximum atomic E-state index is 13.3. The molecule has 0 aromatic carbocycles. The molecule has 1 atom stereocenters. The largest absolute Gasteiger partial charge is 0.444 e. The number of carbonyl (C=O) groups excluding carboxylic acids is 2. The van der Waals surface area contributed by atoms with Crippen LogP contribution in [0.15, 0.2) is 23.6 Å². The number of hydrogen-bond acceptors (Lipinski definition) is 7. The zero-order valence-electron chi connectivity index (χ0n) is 22.0. The first kappa shape index (κ1) is 28.2. The highest BCUT2D eigenvalue weighted by Gasteiger charge is 2.28. The van der Waals surface area contributed by atoms with Crippen LogP contribution in [-0.2, 0) is 22.4 Å². The Morgan fingerprint density at radius 2 is 1.83 bits per heavy atom. The lowest BCUT2D eigenvalue weighted by atomic mass is 10.1. The molecule has 0 saturated carbocycles. The van der Waals surface area contributed by atoms with E-state index >= 15 is 0 Å². The average Bonchev–Trinajstić information content (AvgIpc) is 3.32. The predicted molar refractivity (Wildman–Crippen MR) is 149 cm³/mol. The van der Waals surface area contributed by atoms with Crippen molar-refractivity contribution in [1.29, 1.82) is 0 Å².